The lowest BCUT2D eigenvalue weighted by Crippen LogP contribution is -2.48. The van der Waals surface area contributed by atoms with E-state index in [1.54, 1.807) is 24.8 Å². The number of carbonyl (C=O) groups is 2. The largest absolute Gasteiger partial charge is 0.383 e. The lowest BCUT2D eigenvalue weighted by molar-refractivity contribution is -0.122. The highest BCUT2D eigenvalue weighted by Gasteiger charge is 2.23. The molecule has 0 bridgehead atoms. The molecule has 0 atom stereocenters. The van der Waals surface area contributed by atoms with Gasteiger partial charge in [-0.2, -0.15) is 0 Å². The summed E-state index contributed by atoms with van der Waals surface area (Å²) >= 11 is 0. The Labute approximate surface area is 376 Å². The molecule has 7 heterocycles. The van der Waals surface area contributed by atoms with Gasteiger partial charge in [0.1, 0.15) is 23.6 Å². The van der Waals surface area contributed by atoms with Crippen molar-refractivity contribution in [2.45, 2.75) is 32.2 Å². The minimum atomic E-state index is -0.260. The van der Waals surface area contributed by atoms with Crippen LogP contribution in [0.2, 0.25) is 0 Å². The van der Waals surface area contributed by atoms with Crippen molar-refractivity contribution in [2.24, 2.45) is 0 Å². The first-order valence-electron chi connectivity index (χ1n) is 22.0. The maximum Gasteiger partial charge on any atom is 0.254 e. The van der Waals surface area contributed by atoms with Gasteiger partial charge in [-0.1, -0.05) is 0 Å². The Bertz CT molecular complexity index is 2310. The Morgan fingerprint density at radius 2 is 1.43 bits per heavy atom. The smallest absolute Gasteiger partial charge is 0.254 e. The summed E-state index contributed by atoms with van der Waals surface area (Å²) in [6.07, 6.45) is 12.5. The van der Waals surface area contributed by atoms with E-state index in [1.807, 2.05) is 18.3 Å². The summed E-state index contributed by atoms with van der Waals surface area (Å²) in [5.74, 6) is 1.71. The molecule has 0 unspecified atom stereocenters. The minimum absolute atomic E-state index is 0.0824. The molecule has 5 aromatic rings. The number of aromatic amines is 1. The van der Waals surface area contributed by atoms with Crippen LogP contribution in [0.15, 0.2) is 49.4 Å². The fourth-order valence-electron chi connectivity index (χ4n) is 7.13. The third-order valence-corrected chi connectivity index (χ3v) is 10.7. The van der Waals surface area contributed by atoms with Crippen LogP contribution < -0.4 is 36.8 Å². The third-order valence-electron chi connectivity index (χ3n) is 10.7. The number of nitrogens with one attached hydrogen (secondary N) is 6. The molecule has 65 heavy (non-hydrogen) atoms. The number of nitrogens with zero attached hydrogens (tertiary/aromatic N) is 9. The standard InChI is InChI=1S/C43H58N16O6/c44-37(31-23-30-3-9-49-39(30)51-25-31)36-38(45)55-29-56-40(36)48-7-2-1-6-47-35(60)5-15-62-17-19-64-21-22-65-20-18-63-16-10-50-41(61)33-27-52-42(53-28-33)58-11-13-59(14-12-58)43-54-26-32-24-46-8-4-34(32)57-43/h3,9,23,25-29,44,46H,1-2,4-8,10-22,24H2,(H,47,60)(H,49,51)(H,50,61)(H3,45,48,55,56). The van der Waals surface area contributed by atoms with Crippen LogP contribution in [-0.4, -0.2) is 163 Å². The van der Waals surface area contributed by atoms with Gasteiger partial charge in [0.05, 0.1) is 75.4 Å². The highest BCUT2D eigenvalue weighted by molar-refractivity contribution is 6.16. The highest BCUT2D eigenvalue weighted by Crippen LogP contribution is 2.23. The molecular weight excluding hydrogens is 837 g/mol. The highest BCUT2D eigenvalue weighted by atomic mass is 16.6. The zero-order chi connectivity index (χ0) is 45.1. The predicted molar refractivity (Wildman–Crippen MR) is 243 cm³/mol. The average molecular weight is 895 g/mol. The second kappa shape index (κ2) is 24.6. The monoisotopic (exact) mass is 894 g/mol. The minimum Gasteiger partial charge on any atom is -0.383 e. The van der Waals surface area contributed by atoms with Crippen LogP contribution in [-0.2, 0) is 36.7 Å². The molecule has 2 aliphatic heterocycles. The van der Waals surface area contributed by atoms with Crippen molar-refractivity contribution in [1.82, 2.24) is 55.8 Å². The van der Waals surface area contributed by atoms with E-state index in [-0.39, 0.29) is 29.8 Å². The molecule has 0 aliphatic carbocycles. The zero-order valence-corrected chi connectivity index (χ0v) is 36.5. The van der Waals surface area contributed by atoms with Gasteiger partial charge in [0.15, 0.2) is 0 Å². The first kappa shape index (κ1) is 46.5. The van der Waals surface area contributed by atoms with Gasteiger partial charge in [0.2, 0.25) is 17.8 Å². The summed E-state index contributed by atoms with van der Waals surface area (Å²) in [5, 5.41) is 22.0. The normalized spacial score (nSPS) is 13.7. The number of unbranched alkanes of at least 4 members (excludes halogenated alkanes) is 1. The summed E-state index contributed by atoms with van der Waals surface area (Å²) in [6, 6.07) is 3.77. The fourth-order valence-corrected chi connectivity index (χ4v) is 7.13. The van der Waals surface area contributed by atoms with Crippen LogP contribution >= 0.6 is 0 Å². The van der Waals surface area contributed by atoms with Crippen LogP contribution in [0.1, 0.15) is 52.0 Å². The molecular formula is C43H58N16O6. The zero-order valence-electron chi connectivity index (χ0n) is 36.5. The molecule has 7 rings (SSSR count). The molecule has 8 N–H and O–H groups in total. The SMILES string of the molecule is N=C(c1cnc2[nH]ccc2c1)c1c(N)ncnc1NCCCCNC(=O)CCOCCOCCOCCOCCNC(=O)c1cnc(N2CCN(c3ncc4c(n3)CCNC4)CC2)nc1. The molecule has 5 aromatic heterocycles. The van der Waals surface area contributed by atoms with Gasteiger partial charge >= 0.3 is 0 Å². The number of ether oxygens (including phenoxy) is 4. The van der Waals surface area contributed by atoms with Crippen molar-refractivity contribution in [3.05, 3.63) is 77.4 Å². The number of rotatable bonds is 26. The van der Waals surface area contributed by atoms with E-state index in [2.05, 4.69) is 66.0 Å². The van der Waals surface area contributed by atoms with E-state index in [0.717, 1.165) is 81.2 Å². The van der Waals surface area contributed by atoms with Crippen molar-refractivity contribution >= 4 is 52.1 Å². The number of hydrogen-bond acceptors (Lipinski definition) is 19. The second-order valence-corrected chi connectivity index (χ2v) is 15.3. The van der Waals surface area contributed by atoms with Gasteiger partial charge < -0.3 is 60.7 Å². The number of pyridine rings is 1. The summed E-state index contributed by atoms with van der Waals surface area (Å²) in [5.41, 5.74) is 10.8. The molecule has 22 heteroatoms. The number of hydrogen-bond donors (Lipinski definition) is 7. The quantitative estimate of drug-likeness (QED) is 0.0302. The summed E-state index contributed by atoms with van der Waals surface area (Å²) < 4.78 is 22.2. The number of piperazine rings is 1. The van der Waals surface area contributed by atoms with Gasteiger partial charge in [-0.25, -0.2) is 34.9 Å². The molecule has 2 amide bonds. The van der Waals surface area contributed by atoms with Gasteiger partial charge in [-0.3, -0.25) is 15.0 Å². The van der Waals surface area contributed by atoms with Crippen LogP contribution in [0.5, 0.6) is 0 Å². The molecule has 22 nitrogen and oxygen atoms in total. The number of fused-ring (bicyclic) bond motifs is 2. The Morgan fingerprint density at radius 3 is 2.20 bits per heavy atom. The van der Waals surface area contributed by atoms with Crippen LogP contribution in [0, 0.1) is 5.41 Å². The van der Waals surface area contributed by atoms with Crippen molar-refractivity contribution in [3.63, 3.8) is 0 Å². The number of carbonyl (C=O) groups excluding carboxylic acids is 2. The predicted octanol–water partition coefficient (Wildman–Crippen LogP) is 1.10. The van der Waals surface area contributed by atoms with E-state index in [9.17, 15) is 9.59 Å². The number of amides is 2. The topological polar surface area (TPSA) is 282 Å². The van der Waals surface area contributed by atoms with E-state index >= 15 is 0 Å². The number of nitrogens with two attached hydrogens (primary N) is 1. The van der Waals surface area contributed by atoms with Gasteiger partial charge in [-0.15, -0.1) is 0 Å². The molecule has 1 fully saturated rings. The Hall–Kier alpha value is -6.46. The van der Waals surface area contributed by atoms with E-state index in [4.69, 9.17) is 35.1 Å². The van der Waals surface area contributed by atoms with E-state index < -0.39 is 0 Å². The number of aromatic nitrogens is 8. The van der Waals surface area contributed by atoms with Crippen molar-refractivity contribution in [3.8, 4) is 0 Å². The molecule has 0 spiro atoms. The Balaban J connectivity index is 0.633. The van der Waals surface area contributed by atoms with Crippen molar-refractivity contribution in [2.75, 3.05) is 126 Å². The Kier molecular flexibility index (Phi) is 17.6. The average Bonchev–Trinajstić information content (AvgIpc) is 3.82. The van der Waals surface area contributed by atoms with Gasteiger partial charge in [-0.05, 0) is 25.0 Å². The van der Waals surface area contributed by atoms with Gasteiger partial charge in [0.25, 0.3) is 5.91 Å². The second-order valence-electron chi connectivity index (χ2n) is 15.3. The third kappa shape index (κ3) is 13.8. The van der Waals surface area contributed by atoms with E-state index in [0.29, 0.717) is 101 Å². The number of anilines is 4. The first-order valence-corrected chi connectivity index (χ1v) is 22.0. The van der Waals surface area contributed by atoms with E-state index in [1.165, 1.54) is 11.9 Å². The molecule has 346 valence electrons. The fraction of sp³-hybridized carbons (Fsp3) is 0.488. The molecule has 2 aliphatic rings. The maximum absolute atomic E-state index is 12.6. The molecule has 0 radical (unpaired) electrons. The molecule has 1 saturated heterocycles. The lowest BCUT2D eigenvalue weighted by atomic mass is 10.0. The van der Waals surface area contributed by atoms with Crippen LogP contribution in [0.25, 0.3) is 11.0 Å². The van der Waals surface area contributed by atoms with Gasteiger partial charge in [0, 0.05) is 119 Å². The maximum atomic E-state index is 12.6. The number of H-pyrrole nitrogens is 1. The summed E-state index contributed by atoms with van der Waals surface area (Å²) in [7, 11) is 0. The number of nitrogen functional groups attached to an aromatic ring is 1. The van der Waals surface area contributed by atoms with Crippen molar-refractivity contribution < 1.29 is 28.5 Å². The van der Waals surface area contributed by atoms with Crippen molar-refractivity contribution in [1.29, 1.82) is 5.41 Å². The van der Waals surface area contributed by atoms with Crippen LogP contribution in [0.4, 0.5) is 23.5 Å². The summed E-state index contributed by atoms with van der Waals surface area (Å²) in [4.78, 5) is 63.2. The lowest BCUT2D eigenvalue weighted by Gasteiger charge is -2.35. The van der Waals surface area contributed by atoms with Crippen LogP contribution in [0.3, 0.4) is 0 Å². The first-order chi connectivity index (χ1) is 31.9. The molecule has 0 saturated carbocycles. The summed E-state index contributed by atoms with van der Waals surface area (Å²) in [6.45, 7) is 9.21. The molecule has 0 aromatic carbocycles. The Morgan fingerprint density at radius 1 is 0.754 bits per heavy atom.